The highest BCUT2D eigenvalue weighted by atomic mass is 16.5. The van der Waals surface area contributed by atoms with Crippen LogP contribution in [0.1, 0.15) is 58.3 Å². The zero-order valence-electron chi connectivity index (χ0n) is 12.2. The highest BCUT2D eigenvalue weighted by molar-refractivity contribution is 5.67. The average Bonchev–Trinajstić information content (AvgIpc) is 2.38. The van der Waals surface area contributed by atoms with Crippen molar-refractivity contribution in [2.45, 2.75) is 70.4 Å². The summed E-state index contributed by atoms with van der Waals surface area (Å²) in [5.74, 6) is 0. The molecule has 2 unspecified atom stereocenters. The molecule has 2 atom stereocenters. The lowest BCUT2D eigenvalue weighted by Crippen LogP contribution is -2.45. The largest absolute Gasteiger partial charge is 0.465 e. The van der Waals surface area contributed by atoms with Crippen LogP contribution in [0.3, 0.4) is 0 Å². The smallest absolute Gasteiger partial charge is 0.407 e. The summed E-state index contributed by atoms with van der Waals surface area (Å²) in [6.45, 7) is 2.59. The minimum Gasteiger partial charge on any atom is -0.465 e. The molecular formula is C14H26N2O4. The molecule has 1 aliphatic rings. The van der Waals surface area contributed by atoms with Crippen molar-refractivity contribution >= 4 is 12.2 Å². The zero-order valence-corrected chi connectivity index (χ0v) is 12.2. The average molecular weight is 286 g/mol. The van der Waals surface area contributed by atoms with E-state index in [9.17, 15) is 9.59 Å². The van der Waals surface area contributed by atoms with Crippen LogP contribution in [0.25, 0.3) is 0 Å². The highest BCUT2D eigenvalue weighted by Gasteiger charge is 2.24. The second-order valence-electron chi connectivity index (χ2n) is 5.35. The van der Waals surface area contributed by atoms with Crippen LogP contribution in [0.4, 0.5) is 9.59 Å². The second kappa shape index (κ2) is 9.44. The van der Waals surface area contributed by atoms with Crippen LogP contribution in [0.15, 0.2) is 0 Å². The van der Waals surface area contributed by atoms with E-state index in [2.05, 4.69) is 17.6 Å². The van der Waals surface area contributed by atoms with Gasteiger partial charge in [0.15, 0.2) is 0 Å². The number of rotatable bonds is 7. The standard InChI is InChI=1S/C14H26N2O4/c1-2-3-4-5-9-20-14(19)16-12-8-6-7-11(10-12)15-13(17)18/h11-12,15H,2-10H2,1H3,(H,16,19)(H,17,18). The summed E-state index contributed by atoms with van der Waals surface area (Å²) in [5, 5.41) is 14.0. The maximum Gasteiger partial charge on any atom is 0.407 e. The molecule has 0 bridgehead atoms. The van der Waals surface area contributed by atoms with E-state index in [0.717, 1.165) is 44.9 Å². The molecule has 0 heterocycles. The van der Waals surface area contributed by atoms with Crippen LogP contribution in [0.2, 0.25) is 0 Å². The van der Waals surface area contributed by atoms with Crippen LogP contribution in [-0.4, -0.2) is 36.0 Å². The van der Waals surface area contributed by atoms with E-state index in [0.29, 0.717) is 13.0 Å². The van der Waals surface area contributed by atoms with Crippen molar-refractivity contribution in [1.82, 2.24) is 10.6 Å². The van der Waals surface area contributed by atoms with Gasteiger partial charge in [-0.15, -0.1) is 0 Å². The molecule has 6 nitrogen and oxygen atoms in total. The first-order chi connectivity index (χ1) is 9.61. The van der Waals surface area contributed by atoms with Crippen molar-refractivity contribution in [2.24, 2.45) is 0 Å². The Morgan fingerprint density at radius 2 is 1.85 bits per heavy atom. The maximum atomic E-state index is 11.6. The Labute approximate surface area is 120 Å². The fourth-order valence-corrected chi connectivity index (χ4v) is 2.53. The number of carboxylic acid groups (broad SMARTS) is 1. The SMILES string of the molecule is CCCCCCOC(=O)NC1CCCC(NC(=O)O)C1. The molecule has 2 amide bonds. The number of amides is 2. The first kappa shape index (κ1) is 16.6. The van der Waals surface area contributed by atoms with E-state index < -0.39 is 6.09 Å². The highest BCUT2D eigenvalue weighted by Crippen LogP contribution is 2.18. The van der Waals surface area contributed by atoms with Crippen LogP contribution in [0.5, 0.6) is 0 Å². The Hall–Kier alpha value is -1.46. The molecular weight excluding hydrogens is 260 g/mol. The summed E-state index contributed by atoms with van der Waals surface area (Å²) in [4.78, 5) is 22.2. The molecule has 1 fully saturated rings. The Kier molecular flexibility index (Phi) is 7.84. The van der Waals surface area contributed by atoms with Gasteiger partial charge in [0.1, 0.15) is 0 Å². The summed E-state index contributed by atoms with van der Waals surface area (Å²) < 4.78 is 5.12. The molecule has 6 heteroatoms. The lowest BCUT2D eigenvalue weighted by atomic mass is 9.91. The van der Waals surface area contributed by atoms with Gasteiger partial charge in [0, 0.05) is 12.1 Å². The van der Waals surface area contributed by atoms with Crippen molar-refractivity contribution in [2.75, 3.05) is 6.61 Å². The van der Waals surface area contributed by atoms with Crippen molar-refractivity contribution in [3.63, 3.8) is 0 Å². The van der Waals surface area contributed by atoms with Crippen molar-refractivity contribution < 1.29 is 19.4 Å². The van der Waals surface area contributed by atoms with Crippen LogP contribution in [-0.2, 0) is 4.74 Å². The van der Waals surface area contributed by atoms with E-state index in [1.54, 1.807) is 0 Å². The first-order valence-electron chi connectivity index (χ1n) is 7.54. The van der Waals surface area contributed by atoms with Gasteiger partial charge in [-0.05, 0) is 32.1 Å². The molecule has 3 N–H and O–H groups in total. The lowest BCUT2D eigenvalue weighted by Gasteiger charge is -2.29. The monoisotopic (exact) mass is 286 g/mol. The predicted octanol–water partition coefficient (Wildman–Crippen LogP) is 2.87. The molecule has 0 aromatic heterocycles. The summed E-state index contributed by atoms with van der Waals surface area (Å²) in [6.07, 6.45) is 6.16. The van der Waals surface area contributed by atoms with Gasteiger partial charge in [0.2, 0.25) is 0 Å². The minimum absolute atomic E-state index is 0.00346. The van der Waals surface area contributed by atoms with Crippen molar-refractivity contribution in [3.8, 4) is 0 Å². The van der Waals surface area contributed by atoms with Gasteiger partial charge in [-0.25, -0.2) is 9.59 Å². The molecule has 0 saturated heterocycles. The first-order valence-corrected chi connectivity index (χ1v) is 7.54. The lowest BCUT2D eigenvalue weighted by molar-refractivity contribution is 0.135. The third-order valence-electron chi connectivity index (χ3n) is 3.55. The number of alkyl carbamates (subject to hydrolysis) is 1. The Morgan fingerprint density at radius 1 is 1.15 bits per heavy atom. The molecule has 1 saturated carbocycles. The maximum absolute atomic E-state index is 11.6. The van der Waals surface area contributed by atoms with Gasteiger partial charge in [-0.2, -0.15) is 0 Å². The van der Waals surface area contributed by atoms with Crippen molar-refractivity contribution in [1.29, 1.82) is 0 Å². The number of carbonyl (C=O) groups is 2. The van der Waals surface area contributed by atoms with Crippen molar-refractivity contribution in [3.05, 3.63) is 0 Å². The Bertz CT molecular complexity index is 310. The van der Waals surface area contributed by atoms with Crippen LogP contribution >= 0.6 is 0 Å². The molecule has 0 aromatic carbocycles. The third kappa shape index (κ3) is 7.21. The Balaban J connectivity index is 2.15. The molecule has 116 valence electrons. The number of unbranched alkanes of at least 4 members (excludes halogenated alkanes) is 3. The third-order valence-corrected chi connectivity index (χ3v) is 3.55. The van der Waals surface area contributed by atoms with Gasteiger partial charge in [0.05, 0.1) is 6.61 Å². The summed E-state index contributed by atoms with van der Waals surface area (Å²) in [6, 6.07) is -0.0696. The molecule has 0 aromatic rings. The number of hydrogen-bond acceptors (Lipinski definition) is 3. The fourth-order valence-electron chi connectivity index (χ4n) is 2.53. The zero-order chi connectivity index (χ0) is 14.8. The normalized spacial score (nSPS) is 22.1. The van der Waals surface area contributed by atoms with Gasteiger partial charge in [0.25, 0.3) is 0 Å². The van der Waals surface area contributed by atoms with E-state index in [4.69, 9.17) is 9.84 Å². The van der Waals surface area contributed by atoms with Gasteiger partial charge >= 0.3 is 12.2 Å². The number of nitrogens with one attached hydrogen (secondary N) is 2. The molecule has 1 aliphatic carbocycles. The van der Waals surface area contributed by atoms with E-state index in [-0.39, 0.29) is 18.2 Å². The van der Waals surface area contributed by atoms with Gasteiger partial charge in [-0.1, -0.05) is 26.2 Å². The number of ether oxygens (including phenoxy) is 1. The molecule has 0 aliphatic heterocycles. The van der Waals surface area contributed by atoms with Gasteiger partial charge < -0.3 is 20.5 Å². The number of hydrogen-bond donors (Lipinski definition) is 3. The van der Waals surface area contributed by atoms with Crippen LogP contribution < -0.4 is 10.6 Å². The Morgan fingerprint density at radius 3 is 2.50 bits per heavy atom. The minimum atomic E-state index is -1.01. The summed E-state index contributed by atoms with van der Waals surface area (Å²) in [5.41, 5.74) is 0. The molecule has 0 spiro atoms. The van der Waals surface area contributed by atoms with E-state index in [1.807, 2.05) is 0 Å². The second-order valence-corrected chi connectivity index (χ2v) is 5.35. The van der Waals surface area contributed by atoms with Crippen LogP contribution in [0, 0.1) is 0 Å². The molecule has 0 radical (unpaired) electrons. The summed E-state index contributed by atoms with van der Waals surface area (Å²) in [7, 11) is 0. The van der Waals surface area contributed by atoms with E-state index >= 15 is 0 Å². The van der Waals surface area contributed by atoms with E-state index in [1.165, 1.54) is 0 Å². The fraction of sp³-hybridized carbons (Fsp3) is 0.857. The molecule has 1 rings (SSSR count). The molecule has 20 heavy (non-hydrogen) atoms. The predicted molar refractivity (Wildman–Crippen MR) is 75.8 cm³/mol. The quantitative estimate of drug-likeness (QED) is 0.628. The van der Waals surface area contributed by atoms with Gasteiger partial charge in [-0.3, -0.25) is 0 Å². The number of carbonyl (C=O) groups excluding carboxylic acids is 1. The topological polar surface area (TPSA) is 87.7 Å². The summed E-state index contributed by atoms with van der Waals surface area (Å²) >= 11 is 0.